The first-order chi connectivity index (χ1) is 18.3. The number of hydrogen-bond acceptors (Lipinski definition) is 4. The number of amides is 2. The van der Waals surface area contributed by atoms with E-state index in [0.29, 0.717) is 27.2 Å². The molecule has 212 valence electrons. The van der Waals surface area contributed by atoms with Gasteiger partial charge in [0.15, 0.2) is 0 Å². The Morgan fingerprint density at radius 3 is 2.28 bits per heavy atom. The number of carboxylic acid groups (broad SMARTS) is 1. The molecule has 0 aromatic heterocycles. The van der Waals surface area contributed by atoms with Crippen molar-refractivity contribution in [2.24, 2.45) is 0 Å². The van der Waals surface area contributed by atoms with Crippen LogP contribution in [0.5, 0.6) is 0 Å². The Hall–Kier alpha value is -2.79. The predicted octanol–water partition coefficient (Wildman–Crippen LogP) is 5.69. The van der Waals surface area contributed by atoms with Crippen LogP contribution in [0.3, 0.4) is 0 Å². The van der Waals surface area contributed by atoms with Crippen LogP contribution < -0.4 is 10.6 Å². The van der Waals surface area contributed by atoms with Crippen molar-refractivity contribution in [3.63, 3.8) is 0 Å². The van der Waals surface area contributed by atoms with E-state index in [-0.39, 0.29) is 17.9 Å². The third-order valence-electron chi connectivity index (χ3n) is 5.57. The molecule has 0 saturated carbocycles. The average molecular weight is 609 g/mol. The van der Waals surface area contributed by atoms with Gasteiger partial charge in [-0.05, 0) is 67.8 Å². The van der Waals surface area contributed by atoms with E-state index in [9.17, 15) is 22.8 Å². The molecule has 1 heterocycles. The zero-order valence-corrected chi connectivity index (χ0v) is 22.9. The van der Waals surface area contributed by atoms with Gasteiger partial charge in [-0.25, -0.2) is 4.79 Å². The van der Waals surface area contributed by atoms with Crippen LogP contribution >= 0.6 is 34.8 Å². The van der Waals surface area contributed by atoms with Crippen molar-refractivity contribution < 1.29 is 32.7 Å². The number of carboxylic acids is 1. The third kappa shape index (κ3) is 12.3. The Morgan fingerprint density at radius 2 is 1.69 bits per heavy atom. The second-order valence-corrected chi connectivity index (χ2v) is 9.80. The summed E-state index contributed by atoms with van der Waals surface area (Å²) in [6.07, 6.45) is 0.844. The largest absolute Gasteiger partial charge is 0.490 e. The maximum Gasteiger partial charge on any atom is 0.490 e. The Labute approximate surface area is 238 Å². The summed E-state index contributed by atoms with van der Waals surface area (Å²) in [5.74, 6) is -2.98. The van der Waals surface area contributed by atoms with Gasteiger partial charge in [0.2, 0.25) is 5.91 Å². The molecule has 1 aliphatic heterocycles. The van der Waals surface area contributed by atoms with Gasteiger partial charge in [0.1, 0.15) is 0 Å². The molecule has 0 aliphatic carbocycles. The highest BCUT2D eigenvalue weighted by Gasteiger charge is 2.38. The molecule has 0 spiro atoms. The lowest BCUT2D eigenvalue weighted by atomic mass is 10.0. The third-order valence-corrected chi connectivity index (χ3v) is 6.54. The quantitative estimate of drug-likeness (QED) is 0.264. The summed E-state index contributed by atoms with van der Waals surface area (Å²) in [7, 11) is 0. The number of rotatable bonds is 8. The van der Waals surface area contributed by atoms with Crippen molar-refractivity contribution in [3.05, 3.63) is 74.7 Å². The summed E-state index contributed by atoms with van der Waals surface area (Å²) in [6.45, 7) is 3.36. The standard InChI is InChI=1S/C24H26Cl3N3O2.C2HF3O2/c25-19-4-1-3-18(16-19)24(32)28-11-2-12-30-13-9-20(10-14-30)29-23(31)8-6-17-5-7-21(26)22(27)15-17;3-2(4,5)1(6)7/h1,3-8,15-16,20H,2,9-14H2,(H,28,32)(H,29,31);(H,6,7)/b8-6+;. The number of hydrogen-bond donors (Lipinski definition) is 3. The zero-order valence-electron chi connectivity index (χ0n) is 20.6. The number of likely N-dealkylation sites (tertiary alicyclic amines) is 1. The van der Waals surface area contributed by atoms with E-state index >= 15 is 0 Å². The molecule has 39 heavy (non-hydrogen) atoms. The molecule has 1 aliphatic rings. The van der Waals surface area contributed by atoms with Gasteiger partial charge in [0.05, 0.1) is 10.0 Å². The van der Waals surface area contributed by atoms with Gasteiger partial charge >= 0.3 is 12.1 Å². The number of nitrogens with zero attached hydrogens (tertiary/aromatic N) is 1. The highest BCUT2D eigenvalue weighted by Crippen LogP contribution is 2.23. The van der Waals surface area contributed by atoms with Crippen LogP contribution in [0.4, 0.5) is 13.2 Å². The molecule has 2 aromatic carbocycles. The number of aliphatic carboxylic acids is 1. The second kappa shape index (κ2) is 15.7. The van der Waals surface area contributed by atoms with Crippen LogP contribution in [0.15, 0.2) is 48.5 Å². The van der Waals surface area contributed by atoms with Crippen LogP contribution in [0.2, 0.25) is 15.1 Å². The maximum absolute atomic E-state index is 12.2. The minimum absolute atomic E-state index is 0.108. The van der Waals surface area contributed by atoms with Crippen molar-refractivity contribution in [3.8, 4) is 0 Å². The van der Waals surface area contributed by atoms with Gasteiger partial charge in [-0.1, -0.05) is 46.9 Å². The predicted molar refractivity (Wildman–Crippen MR) is 145 cm³/mol. The summed E-state index contributed by atoms with van der Waals surface area (Å²) in [4.78, 5) is 35.6. The van der Waals surface area contributed by atoms with Crippen molar-refractivity contribution in [2.75, 3.05) is 26.2 Å². The normalized spacial score (nSPS) is 14.4. The SMILES string of the molecule is O=C(/C=C/c1ccc(Cl)c(Cl)c1)NC1CCN(CCCNC(=O)c2cccc(Cl)c2)CC1.O=C(O)C(F)(F)F. The van der Waals surface area contributed by atoms with E-state index in [1.807, 2.05) is 6.07 Å². The highest BCUT2D eigenvalue weighted by molar-refractivity contribution is 6.42. The monoisotopic (exact) mass is 607 g/mol. The summed E-state index contributed by atoms with van der Waals surface area (Å²) in [5, 5.41) is 14.6. The molecule has 0 atom stereocenters. The lowest BCUT2D eigenvalue weighted by Gasteiger charge is -2.32. The molecule has 7 nitrogen and oxygen atoms in total. The van der Waals surface area contributed by atoms with E-state index in [0.717, 1.165) is 44.5 Å². The first kappa shape index (κ1) is 32.4. The van der Waals surface area contributed by atoms with Gasteiger partial charge in [-0.2, -0.15) is 13.2 Å². The molecular formula is C26H27Cl3F3N3O4. The number of benzene rings is 2. The average Bonchev–Trinajstić information content (AvgIpc) is 2.88. The topological polar surface area (TPSA) is 98.7 Å². The molecule has 1 fully saturated rings. The van der Waals surface area contributed by atoms with Crippen molar-refractivity contribution in [1.29, 1.82) is 0 Å². The van der Waals surface area contributed by atoms with Crippen molar-refractivity contribution in [1.82, 2.24) is 15.5 Å². The minimum Gasteiger partial charge on any atom is -0.475 e. The van der Waals surface area contributed by atoms with Gasteiger partial charge < -0.3 is 20.6 Å². The fourth-order valence-corrected chi connectivity index (χ4v) is 4.07. The molecule has 0 radical (unpaired) electrons. The van der Waals surface area contributed by atoms with E-state index < -0.39 is 12.1 Å². The van der Waals surface area contributed by atoms with Crippen molar-refractivity contribution >= 4 is 58.7 Å². The van der Waals surface area contributed by atoms with E-state index in [2.05, 4.69) is 15.5 Å². The van der Waals surface area contributed by atoms with Crippen molar-refractivity contribution in [2.45, 2.75) is 31.5 Å². The van der Waals surface area contributed by atoms with Crippen LogP contribution in [-0.4, -0.2) is 66.2 Å². The van der Waals surface area contributed by atoms with Crippen LogP contribution in [-0.2, 0) is 9.59 Å². The highest BCUT2D eigenvalue weighted by atomic mass is 35.5. The Balaban J connectivity index is 0.000000673. The summed E-state index contributed by atoms with van der Waals surface area (Å²) in [5.41, 5.74) is 1.40. The summed E-state index contributed by atoms with van der Waals surface area (Å²) in [6, 6.07) is 12.3. The van der Waals surface area contributed by atoms with Crippen LogP contribution in [0, 0.1) is 0 Å². The molecule has 1 saturated heterocycles. The molecule has 0 bridgehead atoms. The molecule has 3 N–H and O–H groups in total. The fourth-order valence-electron chi connectivity index (χ4n) is 3.57. The Morgan fingerprint density at radius 1 is 1.03 bits per heavy atom. The molecule has 2 aromatic rings. The van der Waals surface area contributed by atoms with Crippen LogP contribution in [0.25, 0.3) is 6.08 Å². The smallest absolute Gasteiger partial charge is 0.475 e. The zero-order chi connectivity index (χ0) is 29.0. The first-order valence-electron chi connectivity index (χ1n) is 11.8. The molecule has 13 heteroatoms. The lowest BCUT2D eigenvalue weighted by Crippen LogP contribution is -2.44. The summed E-state index contributed by atoms with van der Waals surface area (Å²) < 4.78 is 31.7. The molecule has 0 unspecified atom stereocenters. The van der Waals surface area contributed by atoms with Gasteiger partial charge in [0.25, 0.3) is 5.91 Å². The second-order valence-electron chi connectivity index (χ2n) is 8.55. The minimum atomic E-state index is -5.08. The number of halogens is 6. The van der Waals surface area contributed by atoms with Gasteiger partial charge in [0, 0.05) is 42.3 Å². The number of carbonyl (C=O) groups excluding carboxylic acids is 2. The van der Waals surface area contributed by atoms with E-state index in [1.54, 1.807) is 42.5 Å². The molecule has 2 amide bonds. The summed E-state index contributed by atoms with van der Waals surface area (Å²) >= 11 is 17.8. The molecule has 3 rings (SSSR count). The number of carbonyl (C=O) groups is 3. The van der Waals surface area contributed by atoms with Gasteiger partial charge in [-0.15, -0.1) is 0 Å². The molecular weight excluding hydrogens is 582 g/mol. The number of piperidine rings is 1. The Kier molecular flexibility index (Phi) is 13.1. The first-order valence-corrected chi connectivity index (χ1v) is 13.0. The Bertz CT molecular complexity index is 1170. The fraction of sp³-hybridized carbons (Fsp3) is 0.346. The van der Waals surface area contributed by atoms with Crippen LogP contribution in [0.1, 0.15) is 35.2 Å². The maximum atomic E-state index is 12.2. The lowest BCUT2D eigenvalue weighted by molar-refractivity contribution is -0.192. The van der Waals surface area contributed by atoms with E-state index in [4.69, 9.17) is 44.7 Å². The van der Waals surface area contributed by atoms with Gasteiger partial charge in [-0.3, -0.25) is 9.59 Å². The van der Waals surface area contributed by atoms with E-state index in [1.165, 1.54) is 6.08 Å². The number of nitrogens with one attached hydrogen (secondary N) is 2. The number of alkyl halides is 3.